The van der Waals surface area contributed by atoms with E-state index < -0.39 is 0 Å². The van der Waals surface area contributed by atoms with Crippen LogP contribution in [0.3, 0.4) is 0 Å². The van der Waals surface area contributed by atoms with Gasteiger partial charge < -0.3 is 0 Å². The summed E-state index contributed by atoms with van der Waals surface area (Å²) in [5, 5.41) is 0. The molecule has 2 bridgehead atoms. The molecule has 0 aliphatic heterocycles. The fourth-order valence-electron chi connectivity index (χ4n) is 5.95. The number of hydrogen-bond donors (Lipinski definition) is 0. The zero-order chi connectivity index (χ0) is 12.1. The third kappa shape index (κ3) is 1.73. The van der Waals surface area contributed by atoms with Gasteiger partial charge in [0.15, 0.2) is 0 Å². The fourth-order valence-corrected chi connectivity index (χ4v) is 5.95. The van der Waals surface area contributed by atoms with Gasteiger partial charge in [-0.15, -0.1) is 0 Å². The molecule has 0 aromatic heterocycles. The first-order valence-corrected chi connectivity index (χ1v) is 7.35. The first-order chi connectivity index (χ1) is 7.35. The van der Waals surface area contributed by atoms with Gasteiger partial charge >= 0.3 is 0 Å². The van der Waals surface area contributed by atoms with Crippen molar-refractivity contribution < 1.29 is 0 Å². The Labute approximate surface area is 102 Å². The molecule has 16 heavy (non-hydrogen) atoms. The van der Waals surface area contributed by atoms with Crippen LogP contribution in [-0.4, -0.2) is 0 Å². The van der Waals surface area contributed by atoms with Crippen LogP contribution in [0, 0.1) is 40.9 Å². The quantitative estimate of drug-likeness (QED) is 0.617. The van der Waals surface area contributed by atoms with Crippen LogP contribution in [0.5, 0.6) is 0 Å². The maximum Gasteiger partial charge on any atom is -0.0287 e. The molecule has 4 atom stereocenters. The van der Waals surface area contributed by atoms with E-state index in [-0.39, 0.29) is 0 Å². The summed E-state index contributed by atoms with van der Waals surface area (Å²) in [7, 11) is 0. The molecule has 0 heterocycles. The molecule has 2 aliphatic carbocycles. The summed E-state index contributed by atoms with van der Waals surface area (Å²) in [6, 6.07) is 0. The molecule has 94 valence electrons. The second kappa shape index (κ2) is 4.03. The highest BCUT2D eigenvalue weighted by molar-refractivity contribution is 5.02. The number of rotatable bonds is 2. The van der Waals surface area contributed by atoms with Gasteiger partial charge in [0.25, 0.3) is 0 Å². The highest BCUT2D eigenvalue weighted by atomic mass is 14.6. The van der Waals surface area contributed by atoms with Crippen LogP contribution in [0.15, 0.2) is 0 Å². The van der Waals surface area contributed by atoms with Gasteiger partial charge in [-0.05, 0) is 60.2 Å². The number of fused-ring (bicyclic) bond motifs is 2. The summed E-state index contributed by atoms with van der Waals surface area (Å²) in [5.74, 6) is 5.71. The Balaban J connectivity index is 2.33. The van der Waals surface area contributed by atoms with Crippen LogP contribution >= 0.6 is 0 Å². The van der Waals surface area contributed by atoms with Gasteiger partial charge in [0.1, 0.15) is 0 Å². The summed E-state index contributed by atoms with van der Waals surface area (Å²) in [5.41, 5.74) is 0.562. The summed E-state index contributed by atoms with van der Waals surface area (Å²) in [6.07, 6.45) is 4.56. The van der Waals surface area contributed by atoms with Crippen molar-refractivity contribution in [1.29, 1.82) is 0 Å². The standard InChI is InChI=1S/C16H30/c1-10(2)14-12-7-8-13(9-12)15(11(3)4)16(14,5)6/h10-15H,7-9H2,1-6H3. The molecule has 0 nitrogen and oxygen atoms in total. The van der Waals surface area contributed by atoms with Crippen molar-refractivity contribution in [1.82, 2.24) is 0 Å². The molecular formula is C16H30. The molecule has 0 aromatic rings. The van der Waals surface area contributed by atoms with E-state index in [0.29, 0.717) is 5.41 Å². The lowest BCUT2D eigenvalue weighted by Crippen LogP contribution is -2.46. The molecule has 0 N–H and O–H groups in total. The Morgan fingerprint density at radius 1 is 0.812 bits per heavy atom. The van der Waals surface area contributed by atoms with Gasteiger partial charge in [-0.3, -0.25) is 0 Å². The monoisotopic (exact) mass is 222 g/mol. The minimum Gasteiger partial charge on any atom is -0.0625 e. The molecular weight excluding hydrogens is 192 g/mol. The molecule has 0 heteroatoms. The Morgan fingerprint density at radius 2 is 1.19 bits per heavy atom. The predicted octanol–water partition coefficient (Wildman–Crippen LogP) is 4.99. The van der Waals surface area contributed by atoms with Crippen molar-refractivity contribution >= 4 is 0 Å². The van der Waals surface area contributed by atoms with E-state index in [1.54, 1.807) is 0 Å². The number of hydrogen-bond acceptors (Lipinski definition) is 0. The zero-order valence-corrected chi connectivity index (χ0v) is 12.1. The highest BCUT2D eigenvalue weighted by Crippen LogP contribution is 2.61. The van der Waals surface area contributed by atoms with Crippen LogP contribution in [0.4, 0.5) is 0 Å². The summed E-state index contributed by atoms with van der Waals surface area (Å²) in [6.45, 7) is 14.9. The smallest absolute Gasteiger partial charge is 0.0287 e. The molecule has 2 saturated carbocycles. The lowest BCUT2D eigenvalue weighted by Gasteiger charge is -2.53. The van der Waals surface area contributed by atoms with Crippen molar-refractivity contribution in [2.24, 2.45) is 40.9 Å². The zero-order valence-electron chi connectivity index (χ0n) is 12.1. The van der Waals surface area contributed by atoms with Crippen molar-refractivity contribution in [2.45, 2.75) is 60.8 Å². The van der Waals surface area contributed by atoms with Crippen LogP contribution in [0.2, 0.25) is 0 Å². The maximum absolute atomic E-state index is 2.56. The second-order valence-electron chi connectivity index (χ2n) is 7.69. The molecule has 2 rings (SSSR count). The molecule has 0 aromatic carbocycles. The van der Waals surface area contributed by atoms with Gasteiger partial charge in [-0.2, -0.15) is 0 Å². The second-order valence-corrected chi connectivity index (χ2v) is 7.69. The minimum atomic E-state index is 0.562. The average molecular weight is 222 g/mol. The summed E-state index contributed by atoms with van der Waals surface area (Å²) in [4.78, 5) is 0. The van der Waals surface area contributed by atoms with E-state index in [4.69, 9.17) is 0 Å². The molecule has 0 spiro atoms. The first-order valence-electron chi connectivity index (χ1n) is 7.35. The molecule has 4 unspecified atom stereocenters. The molecule has 2 aliphatic rings. The lowest BCUT2D eigenvalue weighted by molar-refractivity contribution is -0.0442. The van der Waals surface area contributed by atoms with Crippen molar-refractivity contribution in [2.75, 3.05) is 0 Å². The summed E-state index contributed by atoms with van der Waals surface area (Å²) >= 11 is 0. The van der Waals surface area contributed by atoms with Crippen molar-refractivity contribution in [3.63, 3.8) is 0 Å². The van der Waals surface area contributed by atoms with Gasteiger partial charge in [0.05, 0.1) is 0 Å². The van der Waals surface area contributed by atoms with Gasteiger partial charge in [0.2, 0.25) is 0 Å². The SMILES string of the molecule is CC(C)C1C2CCC(C2)C(C(C)C)C1(C)C. The Hall–Kier alpha value is 0. The van der Waals surface area contributed by atoms with Gasteiger partial charge in [-0.1, -0.05) is 41.5 Å². The van der Waals surface area contributed by atoms with E-state index in [2.05, 4.69) is 41.5 Å². The average Bonchev–Trinajstić information content (AvgIpc) is 2.46. The minimum absolute atomic E-state index is 0.562. The van der Waals surface area contributed by atoms with Crippen LogP contribution in [0.1, 0.15) is 60.8 Å². The normalized spacial score (nSPS) is 42.0. The van der Waals surface area contributed by atoms with Gasteiger partial charge in [0, 0.05) is 0 Å². The van der Waals surface area contributed by atoms with Crippen LogP contribution < -0.4 is 0 Å². The lowest BCUT2D eigenvalue weighted by atomic mass is 9.52. The van der Waals surface area contributed by atoms with Crippen molar-refractivity contribution in [3.05, 3.63) is 0 Å². The molecule has 0 radical (unpaired) electrons. The third-order valence-electron chi connectivity index (χ3n) is 5.68. The predicted molar refractivity (Wildman–Crippen MR) is 71.3 cm³/mol. The summed E-state index contributed by atoms with van der Waals surface area (Å²) < 4.78 is 0. The van der Waals surface area contributed by atoms with E-state index in [1.807, 2.05) is 0 Å². The topological polar surface area (TPSA) is 0 Å². The van der Waals surface area contributed by atoms with Crippen molar-refractivity contribution in [3.8, 4) is 0 Å². The Morgan fingerprint density at radius 3 is 1.50 bits per heavy atom. The first kappa shape index (κ1) is 12.5. The Bertz CT molecular complexity index is 225. The van der Waals surface area contributed by atoms with E-state index in [1.165, 1.54) is 19.3 Å². The van der Waals surface area contributed by atoms with E-state index >= 15 is 0 Å². The van der Waals surface area contributed by atoms with Crippen LogP contribution in [-0.2, 0) is 0 Å². The molecule has 0 amide bonds. The van der Waals surface area contributed by atoms with Crippen LogP contribution in [0.25, 0.3) is 0 Å². The Kier molecular flexibility index (Phi) is 3.14. The molecule has 2 fully saturated rings. The third-order valence-corrected chi connectivity index (χ3v) is 5.68. The van der Waals surface area contributed by atoms with Gasteiger partial charge in [-0.25, -0.2) is 0 Å². The maximum atomic E-state index is 2.56. The van der Waals surface area contributed by atoms with E-state index in [0.717, 1.165) is 35.5 Å². The highest BCUT2D eigenvalue weighted by Gasteiger charge is 2.53. The largest absolute Gasteiger partial charge is 0.0625 e. The fraction of sp³-hybridized carbons (Fsp3) is 1.00. The molecule has 0 saturated heterocycles. The van der Waals surface area contributed by atoms with E-state index in [9.17, 15) is 0 Å².